The van der Waals surface area contributed by atoms with Crippen LogP contribution in [0.4, 0.5) is 0 Å². The second-order valence-corrected chi connectivity index (χ2v) is 21.3. The second-order valence-electron chi connectivity index (χ2n) is 21.3. The molecule has 0 radical (unpaired) electrons. The molecule has 0 aliphatic carbocycles. The Morgan fingerprint density at radius 2 is 0.500 bits per heavy atom. The first-order chi connectivity index (χ1) is 35.5. The van der Waals surface area contributed by atoms with Gasteiger partial charge in [0.1, 0.15) is 13.2 Å². The van der Waals surface area contributed by atoms with Gasteiger partial charge in [0.2, 0.25) is 0 Å². The van der Waals surface area contributed by atoms with E-state index in [-0.39, 0.29) is 31.1 Å². The minimum Gasteiger partial charge on any atom is -0.462 e. The minimum absolute atomic E-state index is 0.0745. The van der Waals surface area contributed by atoms with Crippen LogP contribution >= 0.6 is 0 Å². The van der Waals surface area contributed by atoms with Crippen LogP contribution in [-0.2, 0) is 28.6 Å². The first kappa shape index (κ1) is 69.4. The monoisotopic (exact) mass is 1010 g/mol. The fourth-order valence-corrected chi connectivity index (χ4v) is 9.27. The summed E-state index contributed by atoms with van der Waals surface area (Å²) in [5.41, 5.74) is 0. The Morgan fingerprint density at radius 1 is 0.278 bits per heavy atom. The van der Waals surface area contributed by atoms with Gasteiger partial charge in [-0.1, -0.05) is 281 Å². The maximum atomic E-state index is 12.9. The van der Waals surface area contributed by atoms with Crippen molar-refractivity contribution in [1.82, 2.24) is 0 Å². The van der Waals surface area contributed by atoms with E-state index in [1.54, 1.807) is 0 Å². The largest absolute Gasteiger partial charge is 0.462 e. The third-order valence-electron chi connectivity index (χ3n) is 14.1. The number of carbonyl (C=O) groups excluding carboxylic acids is 3. The molecule has 0 unspecified atom stereocenters. The normalized spacial score (nSPS) is 12.3. The standard InChI is InChI=1S/C66H120O6/c1-4-7-10-13-16-19-22-25-28-31-33-35-38-41-44-47-50-53-56-59-65(68)71-62-63(61-70-64(67)58-55-52-49-46-43-40-37-30-27-24-21-18-15-12-9-6-3)72-66(69)60-57-54-51-48-45-42-39-36-34-32-29-26-23-20-17-14-11-8-5-2/h16,19,25-26,28-29,33,35,63H,4-15,17-18,20-24,27,30-32,34,36-62H2,1-3H3/b19-16-,28-25-,29-26-,35-33-/t63-/m1/s1. The minimum atomic E-state index is -0.778. The summed E-state index contributed by atoms with van der Waals surface area (Å²) in [5, 5.41) is 0. The van der Waals surface area contributed by atoms with Gasteiger partial charge in [0, 0.05) is 19.3 Å². The first-order valence-electron chi connectivity index (χ1n) is 31.6. The van der Waals surface area contributed by atoms with E-state index < -0.39 is 6.10 Å². The lowest BCUT2D eigenvalue weighted by atomic mass is 10.0. The van der Waals surface area contributed by atoms with Gasteiger partial charge >= 0.3 is 17.9 Å². The molecule has 0 N–H and O–H groups in total. The summed E-state index contributed by atoms with van der Waals surface area (Å²) in [7, 11) is 0. The molecule has 0 bridgehead atoms. The lowest BCUT2D eigenvalue weighted by Crippen LogP contribution is -2.30. The van der Waals surface area contributed by atoms with Crippen molar-refractivity contribution < 1.29 is 28.6 Å². The summed E-state index contributed by atoms with van der Waals surface area (Å²) in [6.07, 6.45) is 75.3. The van der Waals surface area contributed by atoms with Gasteiger partial charge in [-0.25, -0.2) is 0 Å². The summed E-state index contributed by atoms with van der Waals surface area (Å²) < 4.78 is 16.9. The quantitative estimate of drug-likeness (QED) is 0.0261. The number of allylic oxidation sites excluding steroid dienone is 8. The van der Waals surface area contributed by atoms with Crippen molar-refractivity contribution in [3.05, 3.63) is 48.6 Å². The zero-order chi connectivity index (χ0) is 52.2. The van der Waals surface area contributed by atoms with E-state index in [0.717, 1.165) is 77.0 Å². The molecule has 0 aromatic heterocycles. The van der Waals surface area contributed by atoms with Crippen LogP contribution in [0.5, 0.6) is 0 Å². The Balaban J connectivity index is 4.37. The van der Waals surface area contributed by atoms with Crippen molar-refractivity contribution in [1.29, 1.82) is 0 Å². The van der Waals surface area contributed by atoms with Gasteiger partial charge in [0.15, 0.2) is 6.10 Å². The molecule has 0 aromatic rings. The number of hydrogen-bond acceptors (Lipinski definition) is 6. The summed E-state index contributed by atoms with van der Waals surface area (Å²) >= 11 is 0. The van der Waals surface area contributed by atoms with Crippen molar-refractivity contribution in [2.24, 2.45) is 0 Å². The third kappa shape index (κ3) is 58.3. The molecule has 0 amide bonds. The number of esters is 3. The fourth-order valence-electron chi connectivity index (χ4n) is 9.27. The molecule has 0 saturated carbocycles. The van der Waals surface area contributed by atoms with E-state index in [2.05, 4.69) is 69.4 Å². The predicted molar refractivity (Wildman–Crippen MR) is 312 cm³/mol. The molecule has 6 nitrogen and oxygen atoms in total. The second kappa shape index (κ2) is 60.9. The lowest BCUT2D eigenvalue weighted by molar-refractivity contribution is -0.167. The van der Waals surface area contributed by atoms with Crippen LogP contribution in [0.1, 0.15) is 335 Å². The Hall–Kier alpha value is -2.63. The zero-order valence-corrected chi connectivity index (χ0v) is 48.2. The van der Waals surface area contributed by atoms with Gasteiger partial charge in [-0.3, -0.25) is 14.4 Å². The summed E-state index contributed by atoms with van der Waals surface area (Å²) in [6, 6.07) is 0. The van der Waals surface area contributed by atoms with E-state index in [9.17, 15) is 14.4 Å². The Bertz CT molecular complexity index is 1250. The Labute approximate surface area is 448 Å². The summed E-state index contributed by atoms with van der Waals surface area (Å²) in [5.74, 6) is -0.869. The fraction of sp³-hybridized carbons (Fsp3) is 0.833. The highest BCUT2D eigenvalue weighted by Crippen LogP contribution is 2.17. The van der Waals surface area contributed by atoms with Gasteiger partial charge in [-0.05, 0) is 83.5 Å². The van der Waals surface area contributed by atoms with Crippen LogP contribution in [0.2, 0.25) is 0 Å². The average molecular weight is 1010 g/mol. The molecule has 420 valence electrons. The van der Waals surface area contributed by atoms with Gasteiger partial charge in [-0.15, -0.1) is 0 Å². The van der Waals surface area contributed by atoms with E-state index >= 15 is 0 Å². The van der Waals surface area contributed by atoms with E-state index in [1.165, 1.54) is 218 Å². The maximum Gasteiger partial charge on any atom is 0.306 e. The van der Waals surface area contributed by atoms with Crippen molar-refractivity contribution in [3.63, 3.8) is 0 Å². The number of carbonyl (C=O) groups is 3. The van der Waals surface area contributed by atoms with E-state index in [1.807, 2.05) is 0 Å². The highest BCUT2D eigenvalue weighted by Gasteiger charge is 2.19. The number of rotatable bonds is 58. The van der Waals surface area contributed by atoms with Crippen LogP contribution in [-0.4, -0.2) is 37.2 Å². The Morgan fingerprint density at radius 3 is 0.819 bits per heavy atom. The molecule has 0 aromatic carbocycles. The summed E-state index contributed by atoms with van der Waals surface area (Å²) in [4.78, 5) is 38.3. The first-order valence-corrected chi connectivity index (χ1v) is 31.6. The average Bonchev–Trinajstić information content (AvgIpc) is 3.38. The zero-order valence-electron chi connectivity index (χ0n) is 48.2. The van der Waals surface area contributed by atoms with Crippen LogP contribution in [0.25, 0.3) is 0 Å². The smallest absolute Gasteiger partial charge is 0.306 e. The highest BCUT2D eigenvalue weighted by molar-refractivity contribution is 5.71. The van der Waals surface area contributed by atoms with Crippen LogP contribution in [0, 0.1) is 0 Å². The molecule has 0 rings (SSSR count). The van der Waals surface area contributed by atoms with Crippen molar-refractivity contribution in [2.75, 3.05) is 13.2 Å². The lowest BCUT2D eigenvalue weighted by Gasteiger charge is -2.18. The molecular weight excluding hydrogens is 889 g/mol. The molecule has 6 heteroatoms. The van der Waals surface area contributed by atoms with Crippen molar-refractivity contribution in [3.8, 4) is 0 Å². The van der Waals surface area contributed by atoms with Crippen LogP contribution in [0.15, 0.2) is 48.6 Å². The molecule has 0 aliphatic rings. The number of hydrogen-bond donors (Lipinski definition) is 0. The SMILES string of the molecule is CCCCC/C=C\C/C=C\C/C=C\CCCCCCCCC(=O)OC[C@@H](COC(=O)CCCCCCCCCCCCCCCCCC)OC(=O)CCCCCCCCCCC/C=C\CCCCCCCC. The maximum absolute atomic E-state index is 12.9. The summed E-state index contributed by atoms with van der Waals surface area (Å²) in [6.45, 7) is 6.65. The van der Waals surface area contributed by atoms with E-state index in [4.69, 9.17) is 14.2 Å². The van der Waals surface area contributed by atoms with Crippen LogP contribution < -0.4 is 0 Å². The number of unbranched alkanes of at least 4 members (excludes halogenated alkanes) is 39. The molecule has 0 fully saturated rings. The van der Waals surface area contributed by atoms with Gasteiger partial charge in [0.25, 0.3) is 0 Å². The van der Waals surface area contributed by atoms with Gasteiger partial charge in [-0.2, -0.15) is 0 Å². The highest BCUT2D eigenvalue weighted by atomic mass is 16.6. The van der Waals surface area contributed by atoms with Crippen molar-refractivity contribution in [2.45, 2.75) is 341 Å². The third-order valence-corrected chi connectivity index (χ3v) is 14.1. The van der Waals surface area contributed by atoms with E-state index in [0.29, 0.717) is 19.3 Å². The van der Waals surface area contributed by atoms with Gasteiger partial charge < -0.3 is 14.2 Å². The van der Waals surface area contributed by atoms with Crippen LogP contribution in [0.3, 0.4) is 0 Å². The predicted octanol–water partition coefficient (Wildman–Crippen LogP) is 21.4. The topological polar surface area (TPSA) is 78.9 Å². The molecule has 72 heavy (non-hydrogen) atoms. The Kier molecular flexibility index (Phi) is 58.7. The molecule has 0 spiro atoms. The molecule has 1 atom stereocenters. The molecule has 0 aliphatic heterocycles. The van der Waals surface area contributed by atoms with Crippen molar-refractivity contribution >= 4 is 17.9 Å². The molecule has 0 heterocycles. The number of ether oxygens (including phenoxy) is 3. The van der Waals surface area contributed by atoms with Gasteiger partial charge in [0.05, 0.1) is 0 Å². The molecular formula is C66H120O6. The molecule has 0 saturated heterocycles.